The normalized spacial score (nSPS) is 20.4. The molecule has 1 aliphatic carbocycles. The molecular formula is C20H31N3O3S. The maximum atomic E-state index is 13.1. The first kappa shape index (κ1) is 20.3. The zero-order chi connectivity index (χ0) is 19.8. The lowest BCUT2D eigenvalue weighted by Gasteiger charge is -2.32. The molecule has 150 valence electrons. The molecule has 27 heavy (non-hydrogen) atoms. The summed E-state index contributed by atoms with van der Waals surface area (Å²) < 4.78 is 27.8. The molecule has 1 amide bonds. The van der Waals surface area contributed by atoms with Gasteiger partial charge in [-0.05, 0) is 63.5 Å². The monoisotopic (exact) mass is 393 g/mol. The number of hydrogen-bond donors (Lipinski definition) is 2. The number of nitrogens with zero attached hydrogens (tertiary/aromatic N) is 1. The van der Waals surface area contributed by atoms with Crippen molar-refractivity contribution in [1.29, 1.82) is 0 Å². The van der Waals surface area contributed by atoms with E-state index in [-0.39, 0.29) is 17.9 Å². The van der Waals surface area contributed by atoms with E-state index in [1.54, 1.807) is 0 Å². The molecule has 1 heterocycles. The van der Waals surface area contributed by atoms with Crippen LogP contribution in [-0.2, 0) is 14.8 Å². The Labute approximate surface area is 162 Å². The molecular weight excluding hydrogens is 362 g/mol. The van der Waals surface area contributed by atoms with E-state index in [1.165, 1.54) is 4.31 Å². The Morgan fingerprint density at radius 3 is 2.19 bits per heavy atom. The third-order valence-electron chi connectivity index (χ3n) is 5.80. The van der Waals surface area contributed by atoms with Crippen LogP contribution in [0.1, 0.15) is 42.4 Å². The van der Waals surface area contributed by atoms with Crippen LogP contribution in [0.3, 0.4) is 0 Å². The molecule has 2 fully saturated rings. The fourth-order valence-corrected chi connectivity index (χ4v) is 6.11. The smallest absolute Gasteiger partial charge is 0.243 e. The van der Waals surface area contributed by atoms with Crippen molar-refractivity contribution in [2.75, 3.05) is 19.6 Å². The van der Waals surface area contributed by atoms with Gasteiger partial charge in [0, 0.05) is 31.6 Å². The number of sulfonamides is 1. The predicted molar refractivity (Wildman–Crippen MR) is 106 cm³/mol. The van der Waals surface area contributed by atoms with E-state index < -0.39 is 10.0 Å². The minimum Gasteiger partial charge on any atom is -0.352 e. The van der Waals surface area contributed by atoms with Crippen LogP contribution in [0.4, 0.5) is 0 Å². The van der Waals surface area contributed by atoms with Crippen LogP contribution in [0.25, 0.3) is 0 Å². The molecule has 1 aromatic rings. The zero-order valence-electron chi connectivity index (χ0n) is 16.5. The minimum absolute atomic E-state index is 0.0251. The Balaban J connectivity index is 1.65. The maximum Gasteiger partial charge on any atom is 0.243 e. The Morgan fingerprint density at radius 2 is 1.70 bits per heavy atom. The molecule has 1 aromatic carbocycles. The second-order valence-corrected chi connectivity index (χ2v) is 9.97. The highest BCUT2D eigenvalue weighted by Crippen LogP contribution is 2.33. The van der Waals surface area contributed by atoms with Crippen molar-refractivity contribution < 1.29 is 13.2 Å². The number of hydrogen-bond acceptors (Lipinski definition) is 4. The number of aryl methyl sites for hydroxylation is 3. The van der Waals surface area contributed by atoms with Crippen LogP contribution in [0.5, 0.6) is 0 Å². The van der Waals surface area contributed by atoms with Gasteiger partial charge in [0.15, 0.2) is 0 Å². The highest BCUT2D eigenvalue weighted by Gasteiger charge is 2.36. The second kappa shape index (κ2) is 7.89. The number of nitrogens with two attached hydrogens (primary N) is 1. The summed E-state index contributed by atoms with van der Waals surface area (Å²) >= 11 is 0. The Morgan fingerprint density at radius 1 is 1.15 bits per heavy atom. The van der Waals surface area contributed by atoms with Crippen LogP contribution < -0.4 is 11.1 Å². The Kier molecular flexibility index (Phi) is 5.93. The van der Waals surface area contributed by atoms with Crippen molar-refractivity contribution in [3.63, 3.8) is 0 Å². The summed E-state index contributed by atoms with van der Waals surface area (Å²) in [5, 5.41) is 3.08. The molecule has 0 spiro atoms. The first-order chi connectivity index (χ1) is 12.7. The van der Waals surface area contributed by atoms with Gasteiger partial charge in [0.1, 0.15) is 0 Å². The number of carbonyl (C=O) groups excluding carboxylic acids is 1. The lowest BCUT2D eigenvalue weighted by molar-refractivity contribution is -0.126. The minimum atomic E-state index is -3.54. The van der Waals surface area contributed by atoms with Crippen molar-refractivity contribution in [1.82, 2.24) is 9.62 Å². The molecule has 0 radical (unpaired) electrons. The first-order valence-electron chi connectivity index (χ1n) is 9.82. The molecule has 7 heteroatoms. The van der Waals surface area contributed by atoms with Crippen molar-refractivity contribution in [3.05, 3.63) is 28.8 Å². The van der Waals surface area contributed by atoms with Gasteiger partial charge in [-0.2, -0.15) is 4.31 Å². The highest BCUT2D eigenvalue weighted by molar-refractivity contribution is 7.89. The molecule has 0 aromatic heterocycles. The van der Waals surface area contributed by atoms with E-state index in [2.05, 4.69) is 5.32 Å². The molecule has 1 saturated carbocycles. The number of nitrogens with one attached hydrogen (secondary N) is 1. The number of amides is 1. The van der Waals surface area contributed by atoms with Gasteiger partial charge in [-0.25, -0.2) is 8.42 Å². The summed E-state index contributed by atoms with van der Waals surface area (Å²) in [7, 11) is -3.54. The van der Waals surface area contributed by atoms with Crippen LogP contribution in [0.2, 0.25) is 0 Å². The third kappa shape index (κ3) is 4.36. The molecule has 1 aliphatic heterocycles. The molecule has 1 atom stereocenters. The lowest BCUT2D eigenvalue weighted by atomic mass is 9.96. The molecule has 1 saturated heterocycles. The van der Waals surface area contributed by atoms with Crippen molar-refractivity contribution in [3.8, 4) is 0 Å². The maximum absolute atomic E-state index is 13.1. The van der Waals surface area contributed by atoms with E-state index in [9.17, 15) is 13.2 Å². The van der Waals surface area contributed by atoms with Crippen LogP contribution in [0.15, 0.2) is 17.0 Å². The fourth-order valence-electron chi connectivity index (χ4n) is 4.23. The number of benzene rings is 1. The van der Waals surface area contributed by atoms with E-state index in [4.69, 9.17) is 5.73 Å². The van der Waals surface area contributed by atoms with Gasteiger partial charge in [-0.15, -0.1) is 0 Å². The molecule has 2 aliphatic rings. The largest absolute Gasteiger partial charge is 0.352 e. The quantitative estimate of drug-likeness (QED) is 0.772. The van der Waals surface area contributed by atoms with Gasteiger partial charge in [-0.3, -0.25) is 4.79 Å². The van der Waals surface area contributed by atoms with Gasteiger partial charge < -0.3 is 11.1 Å². The zero-order valence-corrected chi connectivity index (χ0v) is 17.3. The summed E-state index contributed by atoms with van der Waals surface area (Å²) in [6.45, 7) is 6.88. The molecule has 6 nitrogen and oxygen atoms in total. The second-order valence-electron chi connectivity index (χ2n) is 8.09. The topological polar surface area (TPSA) is 92.5 Å². The molecule has 0 bridgehead atoms. The summed E-state index contributed by atoms with van der Waals surface area (Å²) in [6.07, 6.45) is 3.37. The average Bonchev–Trinajstić information content (AvgIpc) is 3.43. The highest BCUT2D eigenvalue weighted by atomic mass is 32.2. The predicted octanol–water partition coefficient (Wildman–Crippen LogP) is 1.87. The number of carbonyl (C=O) groups is 1. The summed E-state index contributed by atoms with van der Waals surface area (Å²) in [6, 6.07) is 3.88. The Bertz CT molecular complexity index is 787. The molecule has 3 N–H and O–H groups in total. The molecule has 3 rings (SSSR count). The van der Waals surface area contributed by atoms with E-state index >= 15 is 0 Å². The number of rotatable bonds is 6. The Hall–Kier alpha value is -1.44. The van der Waals surface area contributed by atoms with Crippen molar-refractivity contribution in [2.24, 2.45) is 17.6 Å². The standard InChI is InChI=1S/C20H31N3O3S/c1-13-10-14(2)19(15(3)11-13)27(25,26)23-8-6-17(7-9-23)20(24)22-18(12-21)16-4-5-16/h10-11,16-18H,4-9,12,21H2,1-3H3,(H,22,24). The van der Waals surface area contributed by atoms with Gasteiger partial charge in [0.2, 0.25) is 15.9 Å². The summed E-state index contributed by atoms with van der Waals surface area (Å²) in [4.78, 5) is 12.9. The van der Waals surface area contributed by atoms with Crippen molar-refractivity contribution in [2.45, 2.75) is 57.4 Å². The number of piperidine rings is 1. The van der Waals surface area contributed by atoms with Gasteiger partial charge >= 0.3 is 0 Å². The van der Waals surface area contributed by atoms with Gasteiger partial charge in [-0.1, -0.05) is 17.7 Å². The van der Waals surface area contributed by atoms with Gasteiger partial charge in [0.05, 0.1) is 4.90 Å². The SMILES string of the molecule is Cc1cc(C)c(S(=O)(=O)N2CCC(C(=O)NC(CN)C3CC3)CC2)c(C)c1. The molecule has 1 unspecified atom stereocenters. The van der Waals surface area contributed by atoms with E-state index in [1.807, 2.05) is 32.9 Å². The van der Waals surface area contributed by atoms with E-state index in [0.717, 1.165) is 29.5 Å². The average molecular weight is 394 g/mol. The summed E-state index contributed by atoms with van der Waals surface area (Å²) in [5.74, 6) is 0.411. The summed E-state index contributed by atoms with van der Waals surface area (Å²) in [5.41, 5.74) is 8.39. The lowest BCUT2D eigenvalue weighted by Crippen LogP contribution is -2.48. The van der Waals surface area contributed by atoms with Gasteiger partial charge in [0.25, 0.3) is 0 Å². The van der Waals surface area contributed by atoms with Crippen molar-refractivity contribution >= 4 is 15.9 Å². The van der Waals surface area contributed by atoms with Crippen LogP contribution in [0, 0.1) is 32.6 Å². The third-order valence-corrected chi connectivity index (χ3v) is 8.00. The van der Waals surface area contributed by atoms with E-state index in [0.29, 0.717) is 43.3 Å². The van der Waals surface area contributed by atoms with Crippen LogP contribution in [-0.4, -0.2) is 44.3 Å². The fraction of sp³-hybridized carbons (Fsp3) is 0.650. The van der Waals surface area contributed by atoms with Crippen LogP contribution >= 0.6 is 0 Å². The first-order valence-corrected chi connectivity index (χ1v) is 11.3.